The van der Waals surface area contributed by atoms with Crippen LogP contribution in [0.3, 0.4) is 0 Å². The third-order valence-electron chi connectivity index (χ3n) is 0.564. The molecule has 0 radical (unpaired) electrons. The number of hydrogen-bond donors (Lipinski definition) is 2. The molecule has 0 aromatic rings. The molecule has 2 N–H and O–H groups in total. The highest BCUT2D eigenvalue weighted by Gasteiger charge is 2.12. The third kappa shape index (κ3) is 1.21. The summed E-state index contributed by atoms with van der Waals surface area (Å²) in [5.41, 5.74) is 0. The van der Waals surface area contributed by atoms with Gasteiger partial charge in [0, 0.05) is 6.42 Å². The Bertz CT molecular complexity index is 106. The summed E-state index contributed by atoms with van der Waals surface area (Å²) in [5, 5.41) is 15.2. The molecule has 1 fully saturated rings. The summed E-state index contributed by atoms with van der Waals surface area (Å²) < 4.78 is 0. The van der Waals surface area contributed by atoms with Crippen LogP contribution in [-0.4, -0.2) is 10.1 Å². The molecule has 0 aliphatic carbocycles. The van der Waals surface area contributed by atoms with E-state index in [-0.39, 0.29) is 0 Å². The van der Waals surface area contributed by atoms with Crippen LogP contribution in [-0.2, 0) is 0 Å². The van der Waals surface area contributed by atoms with Crippen LogP contribution in [0.5, 0.6) is 0 Å². The molecule has 1 aliphatic rings. The Morgan fingerprint density at radius 2 is 1.57 bits per heavy atom. The van der Waals surface area contributed by atoms with Gasteiger partial charge in [-0.05, 0) is 21.6 Å². The number of nitrogens with one attached hydrogen (secondary N) is 2. The molecular formula is C3H4N2S2. The maximum Gasteiger partial charge on any atom is 0.0816 e. The maximum absolute atomic E-state index is 6.98. The fraction of sp³-hybridized carbons (Fsp3) is 0.333. The molecule has 7 heavy (non-hydrogen) atoms. The van der Waals surface area contributed by atoms with Crippen LogP contribution in [0, 0.1) is 10.8 Å². The zero-order valence-electron chi connectivity index (χ0n) is 3.52. The van der Waals surface area contributed by atoms with E-state index in [1.54, 1.807) is 0 Å². The van der Waals surface area contributed by atoms with Gasteiger partial charge >= 0.3 is 0 Å². The van der Waals surface area contributed by atoms with Crippen LogP contribution >= 0.6 is 21.6 Å². The third-order valence-corrected chi connectivity index (χ3v) is 2.80. The van der Waals surface area contributed by atoms with E-state index in [1.165, 1.54) is 21.6 Å². The molecule has 38 valence electrons. The Labute approximate surface area is 49.5 Å². The van der Waals surface area contributed by atoms with Gasteiger partial charge in [0.1, 0.15) is 0 Å². The highest BCUT2D eigenvalue weighted by molar-refractivity contribution is 8.88. The van der Waals surface area contributed by atoms with Crippen molar-refractivity contribution in [3.05, 3.63) is 0 Å². The van der Waals surface area contributed by atoms with E-state index in [4.69, 9.17) is 10.8 Å². The first kappa shape index (κ1) is 5.18. The van der Waals surface area contributed by atoms with Crippen LogP contribution < -0.4 is 0 Å². The van der Waals surface area contributed by atoms with Crippen molar-refractivity contribution in [1.82, 2.24) is 0 Å². The van der Waals surface area contributed by atoms with E-state index in [0.29, 0.717) is 16.5 Å². The van der Waals surface area contributed by atoms with E-state index < -0.39 is 0 Å². The van der Waals surface area contributed by atoms with Gasteiger partial charge in [-0.25, -0.2) is 0 Å². The number of rotatable bonds is 0. The van der Waals surface area contributed by atoms with Crippen molar-refractivity contribution >= 4 is 31.7 Å². The van der Waals surface area contributed by atoms with E-state index in [2.05, 4.69) is 0 Å². The Morgan fingerprint density at radius 1 is 1.14 bits per heavy atom. The first-order valence-electron chi connectivity index (χ1n) is 1.78. The summed E-state index contributed by atoms with van der Waals surface area (Å²) in [5.74, 6) is 0. The fourth-order valence-electron chi connectivity index (χ4n) is 0.305. The monoisotopic (exact) mass is 132 g/mol. The Hall–Kier alpha value is 0.0400. The van der Waals surface area contributed by atoms with Gasteiger partial charge in [-0.2, -0.15) is 0 Å². The smallest absolute Gasteiger partial charge is 0.0816 e. The molecule has 0 aromatic heterocycles. The highest BCUT2D eigenvalue weighted by atomic mass is 33.1. The van der Waals surface area contributed by atoms with Crippen molar-refractivity contribution in [3.63, 3.8) is 0 Å². The molecule has 2 nitrogen and oxygen atoms in total. The topological polar surface area (TPSA) is 47.7 Å². The molecule has 1 heterocycles. The minimum absolute atomic E-state index is 0.565. The van der Waals surface area contributed by atoms with Crippen LogP contribution in [0.4, 0.5) is 0 Å². The van der Waals surface area contributed by atoms with Crippen molar-refractivity contribution in [2.24, 2.45) is 0 Å². The molecule has 1 saturated heterocycles. The summed E-state index contributed by atoms with van der Waals surface area (Å²) in [6.45, 7) is 0. The minimum Gasteiger partial charge on any atom is -0.297 e. The lowest BCUT2D eigenvalue weighted by Crippen LogP contribution is -1.83. The average Bonchev–Trinajstić information content (AvgIpc) is 1.87. The predicted molar refractivity (Wildman–Crippen MR) is 35.3 cm³/mol. The molecule has 1 aliphatic heterocycles. The largest absolute Gasteiger partial charge is 0.297 e. The van der Waals surface area contributed by atoms with Gasteiger partial charge in [-0.15, -0.1) is 0 Å². The summed E-state index contributed by atoms with van der Waals surface area (Å²) >= 11 is 0. The molecular weight excluding hydrogens is 128 g/mol. The van der Waals surface area contributed by atoms with Crippen molar-refractivity contribution in [3.8, 4) is 0 Å². The van der Waals surface area contributed by atoms with Crippen LogP contribution in [0.25, 0.3) is 0 Å². The van der Waals surface area contributed by atoms with Crippen molar-refractivity contribution < 1.29 is 0 Å². The molecule has 0 unspecified atom stereocenters. The second-order valence-corrected chi connectivity index (χ2v) is 3.51. The Morgan fingerprint density at radius 3 is 1.71 bits per heavy atom. The molecule has 0 saturated carbocycles. The van der Waals surface area contributed by atoms with Gasteiger partial charge in [-0.1, -0.05) is 0 Å². The Kier molecular flexibility index (Phi) is 1.39. The first-order valence-corrected chi connectivity index (χ1v) is 3.93. The quantitative estimate of drug-likeness (QED) is 0.493. The minimum atomic E-state index is 0.565. The molecule has 0 amide bonds. The van der Waals surface area contributed by atoms with E-state index in [9.17, 15) is 0 Å². The average molecular weight is 132 g/mol. The van der Waals surface area contributed by atoms with Gasteiger partial charge in [0.25, 0.3) is 0 Å². The second kappa shape index (κ2) is 1.88. The lowest BCUT2D eigenvalue weighted by atomic mass is 10.5. The summed E-state index contributed by atoms with van der Waals surface area (Å²) in [4.78, 5) is 0. The van der Waals surface area contributed by atoms with Crippen LogP contribution in [0.15, 0.2) is 0 Å². The molecule has 0 aromatic carbocycles. The summed E-state index contributed by atoms with van der Waals surface area (Å²) in [6.07, 6.45) is 0.565. The first-order chi connectivity index (χ1) is 3.29. The van der Waals surface area contributed by atoms with Gasteiger partial charge in [0.05, 0.1) is 10.1 Å². The number of hydrogen-bond acceptors (Lipinski definition) is 4. The van der Waals surface area contributed by atoms with Crippen molar-refractivity contribution in [2.45, 2.75) is 6.42 Å². The molecule has 0 atom stereocenters. The van der Waals surface area contributed by atoms with E-state index >= 15 is 0 Å². The molecule has 1 rings (SSSR count). The standard InChI is InChI=1S/C3H4N2S2/c4-2-1-3(5)7-6-2/h4-5H,1H2. The normalized spacial score (nSPS) is 21.1. The highest BCUT2D eigenvalue weighted by Crippen LogP contribution is 2.33. The predicted octanol–water partition coefficient (Wildman–Crippen LogP) is 1.73. The maximum atomic E-state index is 6.98. The SMILES string of the molecule is N=C1CC(=N)SS1. The van der Waals surface area contributed by atoms with Crippen molar-refractivity contribution in [2.75, 3.05) is 0 Å². The Balaban J connectivity index is 2.55. The molecule has 0 bridgehead atoms. The zero-order valence-corrected chi connectivity index (χ0v) is 5.16. The molecule has 4 heteroatoms. The van der Waals surface area contributed by atoms with Gasteiger partial charge in [0.15, 0.2) is 0 Å². The summed E-state index contributed by atoms with van der Waals surface area (Å²) in [7, 11) is 2.76. The molecule has 0 spiro atoms. The van der Waals surface area contributed by atoms with Crippen LogP contribution in [0.2, 0.25) is 0 Å². The zero-order chi connectivity index (χ0) is 5.28. The lowest BCUT2D eigenvalue weighted by Gasteiger charge is -1.75. The van der Waals surface area contributed by atoms with Gasteiger partial charge in [0.2, 0.25) is 0 Å². The summed E-state index contributed by atoms with van der Waals surface area (Å²) in [6, 6.07) is 0. The van der Waals surface area contributed by atoms with Crippen molar-refractivity contribution in [1.29, 1.82) is 10.8 Å². The van der Waals surface area contributed by atoms with E-state index in [1.807, 2.05) is 0 Å². The van der Waals surface area contributed by atoms with Gasteiger partial charge in [-0.3, -0.25) is 10.8 Å². The fourth-order valence-corrected chi connectivity index (χ4v) is 1.96. The van der Waals surface area contributed by atoms with Crippen LogP contribution in [0.1, 0.15) is 6.42 Å². The van der Waals surface area contributed by atoms with E-state index in [0.717, 1.165) is 0 Å². The lowest BCUT2D eigenvalue weighted by molar-refractivity contribution is 1.44. The second-order valence-electron chi connectivity index (χ2n) is 1.19. The van der Waals surface area contributed by atoms with Gasteiger partial charge < -0.3 is 0 Å².